The van der Waals surface area contributed by atoms with Crippen LogP contribution in [0.4, 0.5) is 5.69 Å². The number of carbonyl (C=O) groups is 2. The summed E-state index contributed by atoms with van der Waals surface area (Å²) in [6.07, 6.45) is 2.61. The Kier molecular flexibility index (Phi) is 5.56. The Balaban J connectivity index is 1.72. The number of hydrogen-bond acceptors (Lipinski definition) is 7. The predicted octanol–water partition coefficient (Wildman–Crippen LogP) is 3.17. The zero-order valence-electron chi connectivity index (χ0n) is 14.3. The zero-order valence-corrected chi connectivity index (χ0v) is 14.3. The summed E-state index contributed by atoms with van der Waals surface area (Å²) in [6, 6.07) is 15.1. The fourth-order valence-electron chi connectivity index (χ4n) is 2.27. The molecule has 0 aliphatic heterocycles. The van der Waals surface area contributed by atoms with Gasteiger partial charge < -0.3 is 9.15 Å². The van der Waals surface area contributed by atoms with Gasteiger partial charge in [0.15, 0.2) is 0 Å². The van der Waals surface area contributed by atoms with Crippen molar-refractivity contribution in [2.45, 2.75) is 0 Å². The molecule has 0 saturated heterocycles. The van der Waals surface area contributed by atoms with Crippen molar-refractivity contribution in [1.29, 1.82) is 0 Å². The Morgan fingerprint density at radius 2 is 1.82 bits per heavy atom. The first-order valence-electron chi connectivity index (χ1n) is 7.98. The van der Waals surface area contributed by atoms with Crippen molar-refractivity contribution in [2.24, 2.45) is 5.10 Å². The quantitative estimate of drug-likeness (QED) is 0.231. The number of ether oxygens (including phenoxy) is 1. The van der Waals surface area contributed by atoms with Crippen molar-refractivity contribution in [2.75, 3.05) is 0 Å². The number of carbonyl (C=O) groups excluding carboxylic acids is 2. The third kappa shape index (κ3) is 4.28. The molecule has 0 fully saturated rings. The molecule has 1 amide bonds. The van der Waals surface area contributed by atoms with Gasteiger partial charge in [-0.2, -0.15) is 5.10 Å². The van der Waals surface area contributed by atoms with Gasteiger partial charge in [-0.05, 0) is 30.3 Å². The first kappa shape index (κ1) is 18.5. The number of para-hydroxylation sites is 2. The lowest BCUT2D eigenvalue weighted by atomic mass is 10.2. The van der Waals surface area contributed by atoms with Crippen molar-refractivity contribution in [3.05, 3.63) is 93.9 Å². The molecule has 9 heteroatoms. The van der Waals surface area contributed by atoms with E-state index in [4.69, 9.17) is 9.15 Å². The topological polar surface area (TPSA) is 124 Å². The lowest BCUT2D eigenvalue weighted by Crippen LogP contribution is -2.19. The second-order valence-electron chi connectivity index (χ2n) is 5.38. The van der Waals surface area contributed by atoms with Gasteiger partial charge >= 0.3 is 5.97 Å². The van der Waals surface area contributed by atoms with Crippen LogP contribution in [0.3, 0.4) is 0 Å². The lowest BCUT2D eigenvalue weighted by Gasteiger charge is -2.05. The number of amides is 1. The van der Waals surface area contributed by atoms with Crippen molar-refractivity contribution < 1.29 is 23.7 Å². The molecule has 0 radical (unpaired) electrons. The molecule has 1 heterocycles. The molecule has 2 aromatic carbocycles. The molecule has 0 unspecified atom stereocenters. The summed E-state index contributed by atoms with van der Waals surface area (Å²) in [5.74, 6) is -1.19. The molecule has 9 nitrogen and oxygen atoms in total. The van der Waals surface area contributed by atoms with E-state index in [0.29, 0.717) is 5.56 Å². The van der Waals surface area contributed by atoms with Crippen LogP contribution in [0, 0.1) is 10.1 Å². The molecule has 140 valence electrons. The maximum atomic E-state index is 12.2. The fraction of sp³-hybridized carbons (Fsp3) is 0. The Labute approximate surface area is 158 Å². The highest BCUT2D eigenvalue weighted by molar-refractivity contribution is 5.98. The van der Waals surface area contributed by atoms with E-state index < -0.39 is 16.8 Å². The van der Waals surface area contributed by atoms with E-state index in [2.05, 4.69) is 10.5 Å². The Hall–Kier alpha value is -4.27. The Morgan fingerprint density at radius 3 is 2.57 bits per heavy atom. The summed E-state index contributed by atoms with van der Waals surface area (Å²) < 4.78 is 10.2. The van der Waals surface area contributed by atoms with Crippen LogP contribution < -0.4 is 10.2 Å². The molecule has 0 aliphatic rings. The van der Waals surface area contributed by atoms with Gasteiger partial charge in [0.25, 0.3) is 11.6 Å². The SMILES string of the molecule is O=C(Oc1ccccc1C=NNC(=O)c1ccccc1[N+](=O)[O-])c1ccco1. The molecule has 3 rings (SSSR count). The largest absolute Gasteiger partial charge is 0.457 e. The van der Waals surface area contributed by atoms with E-state index in [0.717, 1.165) is 0 Å². The van der Waals surface area contributed by atoms with Gasteiger partial charge in [0.05, 0.1) is 17.4 Å². The van der Waals surface area contributed by atoms with Gasteiger partial charge in [0.2, 0.25) is 5.76 Å². The van der Waals surface area contributed by atoms with E-state index >= 15 is 0 Å². The van der Waals surface area contributed by atoms with Crippen LogP contribution in [-0.4, -0.2) is 23.0 Å². The molecule has 3 aromatic rings. The monoisotopic (exact) mass is 379 g/mol. The second kappa shape index (κ2) is 8.41. The van der Waals surface area contributed by atoms with Crippen LogP contribution in [0.25, 0.3) is 0 Å². The molecular formula is C19H13N3O6. The number of furan rings is 1. The number of nitro benzene ring substituents is 1. The van der Waals surface area contributed by atoms with Crippen LogP contribution in [0.1, 0.15) is 26.5 Å². The van der Waals surface area contributed by atoms with Gasteiger partial charge in [0.1, 0.15) is 11.3 Å². The molecule has 28 heavy (non-hydrogen) atoms. The van der Waals surface area contributed by atoms with Crippen LogP contribution in [0.15, 0.2) is 76.4 Å². The number of hydrogen-bond donors (Lipinski definition) is 1. The molecule has 1 aromatic heterocycles. The summed E-state index contributed by atoms with van der Waals surface area (Å²) in [5.41, 5.74) is 2.17. The van der Waals surface area contributed by atoms with Crippen molar-refractivity contribution in [3.63, 3.8) is 0 Å². The van der Waals surface area contributed by atoms with E-state index in [1.165, 1.54) is 42.8 Å². The summed E-state index contributed by atoms with van der Waals surface area (Å²) in [6.45, 7) is 0. The van der Waals surface area contributed by atoms with Gasteiger partial charge in [-0.3, -0.25) is 14.9 Å². The lowest BCUT2D eigenvalue weighted by molar-refractivity contribution is -0.385. The fourth-order valence-corrected chi connectivity index (χ4v) is 2.27. The van der Waals surface area contributed by atoms with E-state index in [1.807, 2.05) is 0 Å². The van der Waals surface area contributed by atoms with E-state index in [1.54, 1.807) is 30.3 Å². The van der Waals surface area contributed by atoms with Crippen molar-refractivity contribution >= 4 is 23.8 Å². The number of nitro groups is 1. The number of nitrogens with one attached hydrogen (secondary N) is 1. The number of hydrazone groups is 1. The standard InChI is InChI=1S/C19H13N3O6/c23-18(14-7-2-3-8-15(14)22(25)26)21-20-12-13-6-1-4-9-16(13)28-19(24)17-10-5-11-27-17/h1-12H,(H,21,23). The van der Waals surface area contributed by atoms with E-state index in [9.17, 15) is 19.7 Å². The van der Waals surface area contributed by atoms with Gasteiger partial charge in [0, 0.05) is 11.6 Å². The normalized spacial score (nSPS) is 10.6. The first-order chi connectivity index (χ1) is 13.6. The van der Waals surface area contributed by atoms with Crippen molar-refractivity contribution in [3.8, 4) is 5.75 Å². The maximum absolute atomic E-state index is 12.2. The number of esters is 1. The second-order valence-corrected chi connectivity index (χ2v) is 5.38. The average Bonchev–Trinajstić information content (AvgIpc) is 3.24. The number of rotatable bonds is 6. The number of benzene rings is 2. The molecule has 0 atom stereocenters. The van der Waals surface area contributed by atoms with Crippen LogP contribution in [0.2, 0.25) is 0 Å². The minimum Gasteiger partial charge on any atom is -0.457 e. The zero-order chi connectivity index (χ0) is 19.9. The van der Waals surface area contributed by atoms with Crippen molar-refractivity contribution in [1.82, 2.24) is 5.43 Å². The first-order valence-corrected chi connectivity index (χ1v) is 7.98. The third-order valence-corrected chi connectivity index (χ3v) is 3.56. The van der Waals surface area contributed by atoms with Gasteiger partial charge in [-0.1, -0.05) is 24.3 Å². The third-order valence-electron chi connectivity index (χ3n) is 3.56. The summed E-state index contributed by atoms with van der Waals surface area (Å²) in [4.78, 5) is 34.5. The predicted molar refractivity (Wildman–Crippen MR) is 98.3 cm³/mol. The molecule has 0 saturated carbocycles. The summed E-state index contributed by atoms with van der Waals surface area (Å²) in [5, 5.41) is 14.8. The smallest absolute Gasteiger partial charge is 0.379 e. The molecule has 0 spiro atoms. The van der Waals surface area contributed by atoms with Crippen LogP contribution in [0.5, 0.6) is 5.75 Å². The highest BCUT2D eigenvalue weighted by Crippen LogP contribution is 2.19. The average molecular weight is 379 g/mol. The summed E-state index contributed by atoms with van der Waals surface area (Å²) >= 11 is 0. The molecular weight excluding hydrogens is 366 g/mol. The number of nitrogens with zero attached hydrogens (tertiary/aromatic N) is 2. The highest BCUT2D eigenvalue weighted by atomic mass is 16.6. The molecule has 1 N–H and O–H groups in total. The summed E-state index contributed by atoms with van der Waals surface area (Å²) in [7, 11) is 0. The minimum atomic E-state index is -0.742. The van der Waals surface area contributed by atoms with Crippen LogP contribution in [-0.2, 0) is 0 Å². The highest BCUT2D eigenvalue weighted by Gasteiger charge is 2.18. The minimum absolute atomic E-state index is 0.0384. The molecule has 0 aliphatic carbocycles. The van der Waals surface area contributed by atoms with E-state index in [-0.39, 0.29) is 22.8 Å². The van der Waals surface area contributed by atoms with Crippen LogP contribution >= 0.6 is 0 Å². The maximum Gasteiger partial charge on any atom is 0.379 e. The Bertz CT molecular complexity index is 1040. The van der Waals surface area contributed by atoms with Gasteiger partial charge in [-0.25, -0.2) is 10.2 Å². The molecule has 0 bridgehead atoms. The van der Waals surface area contributed by atoms with Gasteiger partial charge in [-0.15, -0.1) is 0 Å². The Morgan fingerprint density at radius 1 is 1.07 bits per heavy atom.